The Morgan fingerprint density at radius 2 is 1.89 bits per heavy atom. The van der Waals surface area contributed by atoms with Crippen LogP contribution in [0.15, 0.2) is 24.3 Å². The van der Waals surface area contributed by atoms with Crippen LogP contribution in [0, 0.1) is 0 Å². The first-order chi connectivity index (χ1) is 9.28. The molecule has 19 heavy (non-hydrogen) atoms. The van der Waals surface area contributed by atoms with Crippen molar-refractivity contribution in [2.24, 2.45) is 0 Å². The third-order valence-electron chi connectivity index (χ3n) is 3.59. The molecule has 1 aromatic carbocycles. The van der Waals surface area contributed by atoms with Crippen molar-refractivity contribution in [1.29, 1.82) is 0 Å². The van der Waals surface area contributed by atoms with Gasteiger partial charge in [-0.3, -0.25) is 9.69 Å². The number of hydrogen-bond acceptors (Lipinski definition) is 3. The van der Waals surface area contributed by atoms with Crippen molar-refractivity contribution in [3.63, 3.8) is 0 Å². The molecule has 0 aromatic heterocycles. The summed E-state index contributed by atoms with van der Waals surface area (Å²) < 4.78 is 5.73. The molecule has 1 aromatic rings. The van der Waals surface area contributed by atoms with E-state index < -0.39 is 0 Å². The van der Waals surface area contributed by atoms with Crippen molar-refractivity contribution in [3.8, 4) is 5.75 Å². The number of rotatable bonds is 7. The van der Waals surface area contributed by atoms with Gasteiger partial charge in [0.1, 0.15) is 18.1 Å². The smallest absolute Gasteiger partial charge is 0.136 e. The molecule has 0 saturated carbocycles. The normalized spacial score (nSPS) is 15.6. The molecule has 0 aliphatic carbocycles. The highest BCUT2D eigenvalue weighted by atomic mass is 16.5. The molecule has 0 unspecified atom stereocenters. The molecule has 1 aliphatic heterocycles. The summed E-state index contributed by atoms with van der Waals surface area (Å²) in [7, 11) is 0. The predicted octanol–water partition coefficient (Wildman–Crippen LogP) is 2.68. The Balaban J connectivity index is 1.73. The van der Waals surface area contributed by atoms with Crippen LogP contribution in [0.2, 0.25) is 0 Å². The monoisotopic (exact) mass is 261 g/mol. The molecular formula is C16H23NO2. The summed E-state index contributed by atoms with van der Waals surface area (Å²) in [5.41, 5.74) is 1.07. The Bertz CT molecular complexity index is 394. The fraction of sp³-hybridized carbons (Fsp3) is 0.562. The van der Waals surface area contributed by atoms with Crippen LogP contribution in [0.1, 0.15) is 31.7 Å². The van der Waals surface area contributed by atoms with Crippen LogP contribution < -0.4 is 4.74 Å². The third kappa shape index (κ3) is 4.67. The first kappa shape index (κ1) is 14.1. The fourth-order valence-corrected chi connectivity index (χ4v) is 2.36. The van der Waals surface area contributed by atoms with Gasteiger partial charge in [0, 0.05) is 19.4 Å². The Morgan fingerprint density at radius 1 is 1.21 bits per heavy atom. The van der Waals surface area contributed by atoms with E-state index in [2.05, 4.69) is 4.90 Å². The minimum absolute atomic E-state index is 0.280. The van der Waals surface area contributed by atoms with Gasteiger partial charge in [-0.25, -0.2) is 0 Å². The summed E-state index contributed by atoms with van der Waals surface area (Å²) in [5, 5.41) is 0. The Labute approximate surface area is 115 Å². The van der Waals surface area contributed by atoms with Gasteiger partial charge in [0.15, 0.2) is 0 Å². The van der Waals surface area contributed by atoms with Gasteiger partial charge in [-0.05, 0) is 43.6 Å². The van der Waals surface area contributed by atoms with E-state index in [1.807, 2.05) is 31.2 Å². The van der Waals surface area contributed by atoms with E-state index in [-0.39, 0.29) is 5.78 Å². The maximum absolute atomic E-state index is 11.3. The number of ether oxygens (including phenoxy) is 1. The second-order valence-corrected chi connectivity index (χ2v) is 5.11. The highest BCUT2D eigenvalue weighted by Gasteiger charge is 2.10. The van der Waals surface area contributed by atoms with Crippen LogP contribution in [0.4, 0.5) is 0 Å². The first-order valence-electron chi connectivity index (χ1n) is 7.23. The van der Waals surface area contributed by atoms with Crippen LogP contribution in [0.5, 0.6) is 5.75 Å². The highest BCUT2D eigenvalue weighted by molar-refractivity contribution is 5.80. The quantitative estimate of drug-likeness (QED) is 0.756. The van der Waals surface area contributed by atoms with Crippen molar-refractivity contribution >= 4 is 5.78 Å². The van der Waals surface area contributed by atoms with Gasteiger partial charge in [0.25, 0.3) is 0 Å². The molecule has 0 amide bonds. The average Bonchev–Trinajstić information content (AvgIpc) is 2.94. The van der Waals surface area contributed by atoms with Crippen molar-refractivity contribution in [3.05, 3.63) is 29.8 Å². The summed E-state index contributed by atoms with van der Waals surface area (Å²) in [6.07, 6.45) is 3.78. The van der Waals surface area contributed by atoms with Crippen molar-refractivity contribution in [2.45, 2.75) is 32.6 Å². The number of carbonyl (C=O) groups excluding carboxylic acids is 1. The van der Waals surface area contributed by atoms with Gasteiger partial charge in [0.05, 0.1) is 0 Å². The lowest BCUT2D eigenvalue weighted by atomic mass is 10.1. The van der Waals surface area contributed by atoms with Gasteiger partial charge in [-0.15, -0.1) is 0 Å². The van der Waals surface area contributed by atoms with Gasteiger partial charge in [-0.1, -0.05) is 19.1 Å². The lowest BCUT2D eigenvalue weighted by Gasteiger charge is -2.15. The zero-order valence-corrected chi connectivity index (χ0v) is 11.7. The van der Waals surface area contributed by atoms with Crippen molar-refractivity contribution in [2.75, 3.05) is 26.2 Å². The summed E-state index contributed by atoms with van der Waals surface area (Å²) in [4.78, 5) is 13.8. The molecule has 104 valence electrons. The largest absolute Gasteiger partial charge is 0.492 e. The second kappa shape index (κ2) is 7.29. The predicted molar refractivity (Wildman–Crippen MR) is 76.6 cm³/mol. The molecule has 1 aliphatic rings. The number of nitrogens with zero attached hydrogens (tertiary/aromatic N) is 1. The Hall–Kier alpha value is -1.35. The number of hydrogen-bond donors (Lipinski definition) is 0. The standard InChI is InChI=1S/C16H23NO2/c1-2-15(18)13-14-5-7-16(8-6-14)19-12-11-17-9-3-4-10-17/h5-8H,2-4,9-13H2,1H3. The lowest BCUT2D eigenvalue weighted by Crippen LogP contribution is -2.25. The molecule has 0 bridgehead atoms. The average molecular weight is 261 g/mol. The minimum atomic E-state index is 0.280. The van der Waals surface area contributed by atoms with E-state index in [0.29, 0.717) is 12.8 Å². The molecule has 0 radical (unpaired) electrons. The number of Topliss-reactive ketones (excluding diaryl/α,β-unsaturated/α-hetero) is 1. The van der Waals surface area contributed by atoms with Crippen LogP contribution in [0.3, 0.4) is 0 Å². The molecule has 2 rings (SSSR count). The minimum Gasteiger partial charge on any atom is -0.492 e. The number of benzene rings is 1. The number of carbonyl (C=O) groups is 1. The topological polar surface area (TPSA) is 29.5 Å². The molecule has 1 heterocycles. The van der Waals surface area contributed by atoms with Crippen LogP contribution in [0.25, 0.3) is 0 Å². The Morgan fingerprint density at radius 3 is 2.53 bits per heavy atom. The number of ketones is 1. The Kier molecular flexibility index (Phi) is 5.40. The molecular weight excluding hydrogens is 238 g/mol. The summed E-state index contributed by atoms with van der Waals surface area (Å²) >= 11 is 0. The summed E-state index contributed by atoms with van der Waals surface area (Å²) in [6.45, 7) is 6.07. The van der Waals surface area contributed by atoms with Gasteiger partial charge < -0.3 is 4.74 Å². The van der Waals surface area contributed by atoms with E-state index in [4.69, 9.17) is 4.74 Å². The lowest BCUT2D eigenvalue weighted by molar-refractivity contribution is -0.118. The first-order valence-corrected chi connectivity index (χ1v) is 7.23. The molecule has 0 atom stereocenters. The zero-order chi connectivity index (χ0) is 13.5. The third-order valence-corrected chi connectivity index (χ3v) is 3.59. The molecule has 0 spiro atoms. The van der Waals surface area contributed by atoms with E-state index >= 15 is 0 Å². The van der Waals surface area contributed by atoms with E-state index in [1.54, 1.807) is 0 Å². The van der Waals surface area contributed by atoms with Gasteiger partial charge >= 0.3 is 0 Å². The molecule has 3 heteroatoms. The van der Waals surface area contributed by atoms with Gasteiger partial charge in [0.2, 0.25) is 0 Å². The molecule has 1 saturated heterocycles. The fourth-order valence-electron chi connectivity index (χ4n) is 2.36. The van der Waals surface area contributed by atoms with E-state index in [1.165, 1.54) is 25.9 Å². The van der Waals surface area contributed by atoms with Crippen molar-refractivity contribution < 1.29 is 9.53 Å². The van der Waals surface area contributed by atoms with Gasteiger partial charge in [-0.2, -0.15) is 0 Å². The molecule has 1 fully saturated rings. The summed E-state index contributed by atoms with van der Waals surface area (Å²) in [6, 6.07) is 7.89. The second-order valence-electron chi connectivity index (χ2n) is 5.11. The highest BCUT2D eigenvalue weighted by Crippen LogP contribution is 2.14. The molecule has 3 nitrogen and oxygen atoms in total. The maximum Gasteiger partial charge on any atom is 0.136 e. The summed E-state index contributed by atoms with van der Waals surface area (Å²) in [5.74, 6) is 1.18. The maximum atomic E-state index is 11.3. The van der Waals surface area contributed by atoms with Crippen LogP contribution in [-0.4, -0.2) is 36.9 Å². The SMILES string of the molecule is CCC(=O)Cc1ccc(OCCN2CCCC2)cc1. The zero-order valence-electron chi connectivity index (χ0n) is 11.7. The van der Waals surface area contributed by atoms with E-state index in [9.17, 15) is 4.79 Å². The van der Waals surface area contributed by atoms with E-state index in [0.717, 1.165) is 24.5 Å². The molecule has 0 N–H and O–H groups in total. The van der Waals surface area contributed by atoms with Crippen LogP contribution in [-0.2, 0) is 11.2 Å². The van der Waals surface area contributed by atoms with Crippen LogP contribution >= 0.6 is 0 Å². The van der Waals surface area contributed by atoms with Crippen molar-refractivity contribution in [1.82, 2.24) is 4.90 Å². The number of likely N-dealkylation sites (tertiary alicyclic amines) is 1.